The maximum Gasteiger partial charge on any atom is 0.216 e. The summed E-state index contributed by atoms with van der Waals surface area (Å²) >= 11 is 23.5. The molecule has 2 aromatic rings. The predicted octanol–water partition coefficient (Wildman–Crippen LogP) is 6.11. The van der Waals surface area contributed by atoms with Crippen molar-refractivity contribution in [1.82, 2.24) is 0 Å². The third-order valence-corrected chi connectivity index (χ3v) is 3.46. The lowest BCUT2D eigenvalue weighted by Crippen LogP contribution is -2.03. The molecule has 19 heavy (non-hydrogen) atoms. The van der Waals surface area contributed by atoms with E-state index in [4.69, 9.17) is 46.4 Å². The third kappa shape index (κ3) is 3.14. The maximum atomic E-state index is 13.3. The second kappa shape index (κ2) is 5.45. The highest BCUT2D eigenvalue weighted by molar-refractivity contribution is 6.67. The molecule has 0 aliphatic carbocycles. The minimum absolute atomic E-state index is 0.0422. The summed E-state index contributed by atoms with van der Waals surface area (Å²) in [5.41, 5.74) is 1.04. The van der Waals surface area contributed by atoms with Crippen molar-refractivity contribution in [2.24, 2.45) is 0 Å². The summed E-state index contributed by atoms with van der Waals surface area (Å²) < 4.78 is 24.7. The van der Waals surface area contributed by atoms with E-state index in [0.717, 1.165) is 12.1 Å². The number of rotatable bonds is 1. The summed E-state index contributed by atoms with van der Waals surface area (Å²) in [6, 6.07) is 8.44. The van der Waals surface area contributed by atoms with Gasteiger partial charge >= 0.3 is 0 Å². The van der Waals surface area contributed by atoms with Gasteiger partial charge in [0.2, 0.25) is 3.79 Å². The molecule has 0 aromatic heterocycles. The maximum absolute atomic E-state index is 13.3. The molecular formula is C13H6Cl4F2. The van der Waals surface area contributed by atoms with Gasteiger partial charge in [-0.25, -0.2) is 8.78 Å². The average molecular weight is 342 g/mol. The molecule has 0 heterocycles. The lowest BCUT2D eigenvalue weighted by atomic mass is 10.00. The summed E-state index contributed by atoms with van der Waals surface area (Å²) in [6.45, 7) is 0. The first-order chi connectivity index (χ1) is 8.80. The molecule has 0 amide bonds. The summed E-state index contributed by atoms with van der Waals surface area (Å²) in [5, 5.41) is 0.0422. The van der Waals surface area contributed by atoms with Crippen LogP contribution >= 0.6 is 46.4 Å². The lowest BCUT2D eigenvalue weighted by Gasteiger charge is -2.17. The fraction of sp³-hybridized carbons (Fsp3) is 0.0769. The molecule has 0 bridgehead atoms. The Morgan fingerprint density at radius 2 is 1.42 bits per heavy atom. The Bertz CT molecular complexity index is 621. The second-order valence-electron chi connectivity index (χ2n) is 3.79. The Labute approximate surface area is 128 Å². The molecule has 0 radical (unpaired) electrons. The van der Waals surface area contributed by atoms with Crippen molar-refractivity contribution in [3.8, 4) is 11.1 Å². The highest BCUT2D eigenvalue weighted by Crippen LogP contribution is 2.44. The first kappa shape index (κ1) is 14.9. The van der Waals surface area contributed by atoms with E-state index in [1.807, 2.05) is 0 Å². The van der Waals surface area contributed by atoms with Crippen LogP contribution in [0.25, 0.3) is 11.1 Å². The standard InChI is InChI=1S/C13H6Cl4F2/c14-10-6-12(19)11(18)5-8(10)7-3-1-2-4-9(7)13(15,16)17/h1-6H. The normalized spacial score (nSPS) is 11.7. The molecule has 0 aliphatic heterocycles. The molecular weight excluding hydrogens is 336 g/mol. The van der Waals surface area contributed by atoms with Crippen LogP contribution in [0.2, 0.25) is 5.02 Å². The minimum Gasteiger partial charge on any atom is -0.204 e. The highest BCUT2D eigenvalue weighted by atomic mass is 35.6. The quantitative estimate of drug-likeness (QED) is 0.433. The molecule has 0 fully saturated rings. The molecule has 0 saturated heterocycles. The smallest absolute Gasteiger partial charge is 0.204 e. The lowest BCUT2D eigenvalue weighted by molar-refractivity contribution is 0.509. The van der Waals surface area contributed by atoms with Gasteiger partial charge in [0.1, 0.15) is 0 Å². The van der Waals surface area contributed by atoms with E-state index in [-0.39, 0.29) is 10.6 Å². The Hall–Kier alpha value is -0.540. The fourth-order valence-electron chi connectivity index (χ4n) is 1.69. The second-order valence-corrected chi connectivity index (χ2v) is 6.48. The number of hydrogen-bond acceptors (Lipinski definition) is 0. The summed E-state index contributed by atoms with van der Waals surface area (Å²) in [7, 11) is 0. The molecule has 0 unspecified atom stereocenters. The van der Waals surface area contributed by atoms with E-state index in [1.54, 1.807) is 24.3 Å². The predicted molar refractivity (Wildman–Crippen MR) is 76.0 cm³/mol. The van der Waals surface area contributed by atoms with Gasteiger partial charge in [-0.3, -0.25) is 0 Å². The van der Waals surface area contributed by atoms with Gasteiger partial charge in [0.25, 0.3) is 0 Å². The van der Waals surface area contributed by atoms with Crippen LogP contribution in [0.4, 0.5) is 8.78 Å². The van der Waals surface area contributed by atoms with Crippen molar-refractivity contribution in [1.29, 1.82) is 0 Å². The zero-order chi connectivity index (χ0) is 14.2. The number of halogens is 6. The Balaban J connectivity index is 2.70. The van der Waals surface area contributed by atoms with Gasteiger partial charge in [-0.1, -0.05) is 70.7 Å². The van der Waals surface area contributed by atoms with Crippen LogP contribution in [-0.4, -0.2) is 0 Å². The van der Waals surface area contributed by atoms with E-state index in [9.17, 15) is 8.78 Å². The van der Waals surface area contributed by atoms with Crippen LogP contribution in [0.5, 0.6) is 0 Å². The van der Waals surface area contributed by atoms with E-state index in [1.165, 1.54) is 0 Å². The van der Waals surface area contributed by atoms with Crippen molar-refractivity contribution in [2.75, 3.05) is 0 Å². The fourth-order valence-corrected chi connectivity index (χ4v) is 2.44. The van der Waals surface area contributed by atoms with Crippen LogP contribution < -0.4 is 0 Å². The molecule has 2 aromatic carbocycles. The van der Waals surface area contributed by atoms with Crippen LogP contribution in [-0.2, 0) is 3.79 Å². The first-order valence-corrected chi connectivity index (χ1v) is 6.63. The first-order valence-electron chi connectivity index (χ1n) is 5.12. The zero-order valence-electron chi connectivity index (χ0n) is 9.23. The zero-order valence-corrected chi connectivity index (χ0v) is 12.3. The van der Waals surface area contributed by atoms with E-state index in [0.29, 0.717) is 11.1 Å². The number of benzene rings is 2. The minimum atomic E-state index is -1.69. The third-order valence-electron chi connectivity index (χ3n) is 2.53. The summed E-state index contributed by atoms with van der Waals surface area (Å²) in [6.07, 6.45) is 0. The van der Waals surface area contributed by atoms with Gasteiger partial charge in [-0.15, -0.1) is 0 Å². The van der Waals surface area contributed by atoms with Crippen LogP contribution in [0.15, 0.2) is 36.4 Å². The topological polar surface area (TPSA) is 0 Å². The molecule has 0 aliphatic rings. The van der Waals surface area contributed by atoms with Crippen molar-refractivity contribution in [3.05, 3.63) is 58.6 Å². The van der Waals surface area contributed by atoms with E-state index in [2.05, 4.69) is 0 Å². The SMILES string of the molecule is Fc1cc(Cl)c(-c2ccccc2C(Cl)(Cl)Cl)cc1F. The molecule has 6 heteroatoms. The molecule has 0 N–H and O–H groups in total. The number of hydrogen-bond donors (Lipinski definition) is 0. The van der Waals surface area contributed by atoms with Crippen LogP contribution in [0.1, 0.15) is 5.56 Å². The van der Waals surface area contributed by atoms with Gasteiger partial charge in [-0.2, -0.15) is 0 Å². The van der Waals surface area contributed by atoms with Gasteiger partial charge in [-0.05, 0) is 17.7 Å². The highest BCUT2D eigenvalue weighted by Gasteiger charge is 2.27. The van der Waals surface area contributed by atoms with Gasteiger partial charge in [0.05, 0.1) is 5.02 Å². The van der Waals surface area contributed by atoms with Crippen molar-refractivity contribution in [2.45, 2.75) is 3.79 Å². The van der Waals surface area contributed by atoms with Crippen LogP contribution in [0.3, 0.4) is 0 Å². The average Bonchev–Trinajstić information content (AvgIpc) is 2.33. The van der Waals surface area contributed by atoms with Gasteiger partial charge in [0, 0.05) is 11.1 Å². The van der Waals surface area contributed by atoms with Crippen molar-refractivity contribution >= 4 is 46.4 Å². The van der Waals surface area contributed by atoms with Crippen molar-refractivity contribution in [3.63, 3.8) is 0 Å². The molecule has 0 spiro atoms. The van der Waals surface area contributed by atoms with Gasteiger partial charge in [0.15, 0.2) is 11.6 Å². The number of alkyl halides is 3. The molecule has 0 saturated carbocycles. The Morgan fingerprint density at radius 3 is 2.05 bits per heavy atom. The molecule has 0 atom stereocenters. The summed E-state index contributed by atoms with van der Waals surface area (Å²) in [4.78, 5) is 0. The molecule has 2 rings (SSSR count). The Kier molecular flexibility index (Phi) is 4.26. The Morgan fingerprint density at radius 1 is 0.842 bits per heavy atom. The van der Waals surface area contributed by atoms with Crippen LogP contribution in [0, 0.1) is 11.6 Å². The molecule has 100 valence electrons. The monoisotopic (exact) mass is 340 g/mol. The molecule has 0 nitrogen and oxygen atoms in total. The van der Waals surface area contributed by atoms with E-state index >= 15 is 0 Å². The summed E-state index contributed by atoms with van der Waals surface area (Å²) in [5.74, 6) is -2.04. The van der Waals surface area contributed by atoms with E-state index < -0.39 is 15.4 Å². The van der Waals surface area contributed by atoms with Crippen molar-refractivity contribution < 1.29 is 8.78 Å². The van der Waals surface area contributed by atoms with Gasteiger partial charge < -0.3 is 0 Å². The largest absolute Gasteiger partial charge is 0.216 e.